The third kappa shape index (κ3) is 7.11. The van der Waals surface area contributed by atoms with Crippen LogP contribution >= 0.6 is 15.9 Å². The van der Waals surface area contributed by atoms with Gasteiger partial charge in [-0.25, -0.2) is 21.5 Å². The van der Waals surface area contributed by atoms with Crippen molar-refractivity contribution in [3.05, 3.63) is 53.1 Å². The number of azo groups is 1. The first kappa shape index (κ1) is 16.7. The molecule has 0 aliphatic rings. The van der Waals surface area contributed by atoms with Crippen molar-refractivity contribution in [2.24, 2.45) is 21.9 Å². The molecule has 0 aliphatic carbocycles. The molecule has 0 atom stereocenters. The van der Waals surface area contributed by atoms with E-state index in [0.717, 1.165) is 10.2 Å². The third-order valence-electron chi connectivity index (χ3n) is 2.00. The molecule has 0 radical (unpaired) electrons. The van der Waals surface area contributed by atoms with Crippen LogP contribution in [0.25, 0.3) is 0 Å². The number of hydrogen-bond acceptors (Lipinski definition) is 6. The monoisotopic (exact) mass is 351 g/mol. The molecule has 0 aliphatic heterocycles. The quantitative estimate of drug-likeness (QED) is 0.286. The van der Waals surface area contributed by atoms with Gasteiger partial charge >= 0.3 is 6.03 Å². The van der Waals surface area contributed by atoms with E-state index in [-0.39, 0.29) is 0 Å². The Morgan fingerprint density at radius 2 is 1.71 bits per heavy atom. The second kappa shape index (κ2) is 9.53. The number of carbonyl (C=O) groups is 1. The van der Waals surface area contributed by atoms with Crippen LogP contribution in [0, 0.1) is 0 Å². The lowest BCUT2D eigenvalue weighted by Gasteiger charge is -1.92. The Hall–Kier alpha value is -2.36. The number of halogens is 1. The van der Waals surface area contributed by atoms with Gasteiger partial charge in [-0.15, -0.1) is 10.2 Å². The molecule has 9 heteroatoms. The number of hydrogen-bond donors (Lipinski definition) is 4. The van der Waals surface area contributed by atoms with Crippen LogP contribution in [-0.4, -0.2) is 11.0 Å². The van der Waals surface area contributed by atoms with E-state index in [1.165, 1.54) is 0 Å². The zero-order valence-corrected chi connectivity index (χ0v) is 12.5. The van der Waals surface area contributed by atoms with Crippen molar-refractivity contribution >= 4 is 33.5 Å². The number of nitrogens with zero attached hydrogens (tertiary/aromatic N) is 3. The largest absolute Gasteiger partial charge is 0.343 e. The molecule has 6 N–H and O–H groups in total. The predicted octanol–water partition coefficient (Wildman–Crippen LogP) is 2.29. The fraction of sp³-hybridized carbons (Fsp3) is 0. The van der Waals surface area contributed by atoms with Crippen LogP contribution in [0.15, 0.2) is 63.4 Å². The van der Waals surface area contributed by atoms with Gasteiger partial charge in [0, 0.05) is 10.7 Å². The maximum atomic E-state index is 9.71. The van der Waals surface area contributed by atoms with Crippen LogP contribution < -0.4 is 22.5 Å². The van der Waals surface area contributed by atoms with Gasteiger partial charge in [0.25, 0.3) is 0 Å². The third-order valence-corrected chi connectivity index (χ3v) is 2.47. The highest BCUT2D eigenvalue weighted by Gasteiger charge is 1.91. The van der Waals surface area contributed by atoms with E-state index in [2.05, 4.69) is 42.8 Å². The number of pyridine rings is 1. The van der Waals surface area contributed by atoms with Gasteiger partial charge in [0.2, 0.25) is 0 Å². The summed E-state index contributed by atoms with van der Waals surface area (Å²) in [5.74, 6) is 9.68. The minimum absolute atomic E-state index is 0.599. The number of hydrazine groups is 2. The highest BCUT2D eigenvalue weighted by Crippen LogP contribution is 2.17. The van der Waals surface area contributed by atoms with Crippen molar-refractivity contribution in [3.8, 4) is 0 Å². The van der Waals surface area contributed by atoms with Crippen molar-refractivity contribution in [2.75, 3.05) is 0 Å². The summed E-state index contributed by atoms with van der Waals surface area (Å²) in [7, 11) is 0. The van der Waals surface area contributed by atoms with Crippen LogP contribution in [0.1, 0.15) is 0 Å². The predicted molar refractivity (Wildman–Crippen MR) is 82.6 cm³/mol. The minimum atomic E-state index is -0.602. The van der Waals surface area contributed by atoms with Crippen LogP contribution in [0.4, 0.5) is 16.3 Å². The molecule has 0 bridgehead atoms. The van der Waals surface area contributed by atoms with Crippen LogP contribution in [-0.2, 0) is 0 Å². The summed E-state index contributed by atoms with van der Waals surface area (Å²) in [6.07, 6.45) is 1.69. The van der Waals surface area contributed by atoms with Gasteiger partial charge in [0.05, 0.1) is 5.69 Å². The minimum Gasteiger partial charge on any atom is -0.275 e. The Kier molecular flexibility index (Phi) is 7.58. The Bertz CT molecular complexity index is 568. The fourth-order valence-electron chi connectivity index (χ4n) is 1.07. The van der Waals surface area contributed by atoms with Crippen molar-refractivity contribution in [1.82, 2.24) is 15.8 Å². The maximum Gasteiger partial charge on any atom is 0.343 e. The van der Waals surface area contributed by atoms with Gasteiger partial charge in [-0.1, -0.05) is 18.2 Å². The number of nitrogens with two attached hydrogens (primary N) is 2. The van der Waals surface area contributed by atoms with Crippen LogP contribution in [0.3, 0.4) is 0 Å². The first-order chi connectivity index (χ1) is 10.2. The van der Waals surface area contributed by atoms with Gasteiger partial charge in [0.1, 0.15) is 0 Å². The lowest BCUT2D eigenvalue weighted by Crippen LogP contribution is -2.43. The molecule has 1 heterocycles. The van der Waals surface area contributed by atoms with Gasteiger partial charge in [-0.05, 0) is 40.2 Å². The Morgan fingerprint density at radius 1 is 1.05 bits per heavy atom. The Morgan fingerprint density at radius 3 is 2.19 bits per heavy atom. The maximum absolute atomic E-state index is 9.71. The first-order valence-electron chi connectivity index (χ1n) is 5.71. The number of urea groups is 1. The normalized spacial score (nSPS) is 9.67. The number of amides is 2. The fourth-order valence-corrected chi connectivity index (χ4v) is 1.31. The summed E-state index contributed by atoms with van der Waals surface area (Å²) in [4.78, 5) is 13.8. The van der Waals surface area contributed by atoms with E-state index < -0.39 is 6.03 Å². The molecule has 2 aromatic rings. The molecule has 1 aromatic carbocycles. The molecule has 0 saturated carbocycles. The number of aromatic nitrogens is 1. The summed E-state index contributed by atoms with van der Waals surface area (Å²) in [5, 5.41) is 8.06. The van der Waals surface area contributed by atoms with Gasteiger partial charge in [-0.3, -0.25) is 10.9 Å². The van der Waals surface area contributed by atoms with Crippen molar-refractivity contribution in [3.63, 3.8) is 0 Å². The number of nitrogens with one attached hydrogen (secondary N) is 2. The molecule has 0 unspecified atom stereocenters. The van der Waals surface area contributed by atoms with E-state index in [1.807, 2.05) is 36.4 Å². The first-order valence-corrected chi connectivity index (χ1v) is 6.50. The second-order valence-electron chi connectivity index (χ2n) is 3.49. The van der Waals surface area contributed by atoms with Crippen LogP contribution in [0.5, 0.6) is 0 Å². The summed E-state index contributed by atoms with van der Waals surface area (Å²) < 4.78 is 0.932. The number of rotatable bonds is 2. The van der Waals surface area contributed by atoms with Gasteiger partial charge < -0.3 is 0 Å². The van der Waals surface area contributed by atoms with Crippen molar-refractivity contribution in [1.29, 1.82) is 0 Å². The zero-order chi connectivity index (χ0) is 15.5. The summed E-state index contributed by atoms with van der Waals surface area (Å²) >= 11 is 3.31. The summed E-state index contributed by atoms with van der Waals surface area (Å²) in [6, 6.07) is 12.6. The number of benzene rings is 1. The molecule has 1 aromatic heterocycles. The molecule has 0 saturated heterocycles. The topological polar surface area (TPSA) is 131 Å². The lowest BCUT2D eigenvalue weighted by atomic mass is 10.3. The van der Waals surface area contributed by atoms with E-state index in [0.29, 0.717) is 5.82 Å². The van der Waals surface area contributed by atoms with E-state index in [4.69, 9.17) is 0 Å². The lowest BCUT2D eigenvalue weighted by molar-refractivity contribution is 0.241. The van der Waals surface area contributed by atoms with Gasteiger partial charge in [0.15, 0.2) is 5.82 Å². The van der Waals surface area contributed by atoms with E-state index in [1.54, 1.807) is 23.1 Å². The molecule has 8 nitrogen and oxygen atoms in total. The highest BCUT2D eigenvalue weighted by atomic mass is 79.9. The van der Waals surface area contributed by atoms with E-state index >= 15 is 0 Å². The SMILES string of the molecule is Brc1ccc(N=Nc2ccccc2)nc1.NNC(=O)NN. The molecule has 110 valence electrons. The zero-order valence-electron chi connectivity index (χ0n) is 10.9. The Labute approximate surface area is 129 Å². The molecule has 21 heavy (non-hydrogen) atoms. The Balaban J connectivity index is 0.000000315. The molecular weight excluding hydrogens is 338 g/mol. The van der Waals surface area contributed by atoms with Crippen LogP contribution in [0.2, 0.25) is 0 Å². The summed E-state index contributed by atoms with van der Waals surface area (Å²) in [5.41, 5.74) is 4.30. The molecule has 2 amide bonds. The number of carbonyl (C=O) groups excluding carboxylic acids is 1. The average Bonchev–Trinajstić information content (AvgIpc) is 2.55. The van der Waals surface area contributed by atoms with Crippen molar-refractivity contribution < 1.29 is 4.79 Å². The molecule has 0 fully saturated rings. The average molecular weight is 352 g/mol. The summed E-state index contributed by atoms with van der Waals surface area (Å²) in [6.45, 7) is 0. The smallest absolute Gasteiger partial charge is 0.275 e. The van der Waals surface area contributed by atoms with Crippen molar-refractivity contribution in [2.45, 2.75) is 0 Å². The second-order valence-corrected chi connectivity index (χ2v) is 4.40. The standard InChI is InChI=1S/C11H8BrN3.CH6N4O/c12-9-6-7-11(13-8-9)15-14-10-4-2-1-3-5-10;2-4-1(6)5-3/h1-8H;2-3H2,(H2,4,5,6). The molecule has 0 spiro atoms. The highest BCUT2D eigenvalue weighted by molar-refractivity contribution is 9.10. The molecule has 2 rings (SSSR count). The van der Waals surface area contributed by atoms with Gasteiger partial charge in [-0.2, -0.15) is 0 Å². The van der Waals surface area contributed by atoms with E-state index in [9.17, 15) is 4.79 Å². The molecular formula is C12H14BrN7O.